The van der Waals surface area contributed by atoms with Crippen molar-refractivity contribution in [1.29, 1.82) is 0 Å². The Balaban J connectivity index is 0.000000451. The third-order valence-electron chi connectivity index (χ3n) is 4.55. The van der Waals surface area contributed by atoms with Crippen LogP contribution in [0, 0.1) is 0 Å². The van der Waals surface area contributed by atoms with E-state index in [1.54, 1.807) is 18.0 Å². The lowest BCUT2D eigenvalue weighted by Crippen LogP contribution is -2.43. The van der Waals surface area contributed by atoms with Gasteiger partial charge in [-0.2, -0.15) is 13.2 Å². The summed E-state index contributed by atoms with van der Waals surface area (Å²) in [4.78, 5) is 22.4. The molecule has 7 nitrogen and oxygen atoms in total. The van der Waals surface area contributed by atoms with Crippen molar-refractivity contribution in [3.05, 3.63) is 54.1 Å². The first-order valence-corrected chi connectivity index (χ1v) is 10.5. The van der Waals surface area contributed by atoms with Crippen molar-refractivity contribution in [2.75, 3.05) is 43.4 Å². The summed E-state index contributed by atoms with van der Waals surface area (Å²) in [6.07, 6.45) is -4.17. The summed E-state index contributed by atoms with van der Waals surface area (Å²) in [6.45, 7) is 3.02. The molecule has 174 valence electrons. The Kier molecular flexibility index (Phi) is 9.82. The molecule has 3 rings (SSSR count). The third kappa shape index (κ3) is 8.06. The summed E-state index contributed by atoms with van der Waals surface area (Å²) >= 11 is 1.69. The fraction of sp³-hybridized carbons (Fsp3) is 0.333. The standard InChI is InChI=1S/C18H20F3N3S.C3H5NO3/c1-22-15-5-7-17(8-6-15)25-24-11-9-23(10-12-24)16-4-2-3-14(13-16)18(19,20)21;5-2-1-3(6)4-7/h2-8,13,22H,9-12H2,1H3;2,7H,1H2,(H,4,6). The predicted molar refractivity (Wildman–Crippen MR) is 118 cm³/mol. The first-order valence-electron chi connectivity index (χ1n) is 9.76. The number of benzene rings is 2. The number of hydrogen-bond donors (Lipinski definition) is 3. The van der Waals surface area contributed by atoms with Gasteiger partial charge in [0.25, 0.3) is 0 Å². The predicted octanol–water partition coefficient (Wildman–Crippen LogP) is 3.66. The maximum Gasteiger partial charge on any atom is 0.416 e. The second kappa shape index (κ2) is 12.3. The minimum absolute atomic E-state index is 0.281. The summed E-state index contributed by atoms with van der Waals surface area (Å²) in [5, 5.41) is 10.8. The summed E-state index contributed by atoms with van der Waals surface area (Å²) in [7, 11) is 1.88. The summed E-state index contributed by atoms with van der Waals surface area (Å²) in [5.41, 5.74) is 2.41. The third-order valence-corrected chi connectivity index (χ3v) is 5.65. The zero-order valence-electron chi connectivity index (χ0n) is 17.4. The molecule has 11 heteroatoms. The van der Waals surface area contributed by atoms with Crippen LogP contribution in [0.3, 0.4) is 0 Å². The van der Waals surface area contributed by atoms with Gasteiger partial charge < -0.3 is 15.0 Å². The molecule has 32 heavy (non-hydrogen) atoms. The Morgan fingerprint density at radius 3 is 2.28 bits per heavy atom. The Labute approximate surface area is 188 Å². The van der Waals surface area contributed by atoms with E-state index in [0.29, 0.717) is 25.1 Å². The molecule has 2 aromatic rings. The molecule has 0 aliphatic carbocycles. The Hall–Kier alpha value is -2.76. The highest BCUT2D eigenvalue weighted by Crippen LogP contribution is 2.32. The molecule has 1 aliphatic rings. The molecule has 0 bridgehead atoms. The van der Waals surface area contributed by atoms with Crippen LogP contribution in [-0.4, -0.2) is 54.9 Å². The SMILES string of the molecule is CNc1ccc(SN2CCN(c3cccc(C(F)(F)F)c3)CC2)cc1.O=CCC(=O)NO. The van der Waals surface area contributed by atoms with Crippen LogP contribution in [0.5, 0.6) is 0 Å². The monoisotopic (exact) mass is 470 g/mol. The number of anilines is 2. The number of halogens is 3. The molecule has 1 saturated heterocycles. The molecule has 1 fully saturated rings. The number of amides is 1. The highest BCUT2D eigenvalue weighted by Gasteiger charge is 2.31. The molecule has 3 N–H and O–H groups in total. The molecule has 1 heterocycles. The van der Waals surface area contributed by atoms with Gasteiger partial charge >= 0.3 is 6.18 Å². The van der Waals surface area contributed by atoms with Crippen molar-refractivity contribution < 1.29 is 28.0 Å². The van der Waals surface area contributed by atoms with Crippen molar-refractivity contribution in [2.24, 2.45) is 0 Å². The van der Waals surface area contributed by atoms with Crippen molar-refractivity contribution in [1.82, 2.24) is 9.79 Å². The molecule has 0 spiro atoms. The van der Waals surface area contributed by atoms with Crippen LogP contribution in [0.1, 0.15) is 12.0 Å². The quantitative estimate of drug-likeness (QED) is 0.195. The number of aldehydes is 1. The molecular weight excluding hydrogens is 445 g/mol. The fourth-order valence-corrected chi connectivity index (χ4v) is 3.77. The van der Waals surface area contributed by atoms with Crippen molar-refractivity contribution in [3.63, 3.8) is 0 Å². The number of hydrogen-bond acceptors (Lipinski definition) is 7. The van der Waals surface area contributed by atoms with Crippen LogP contribution >= 0.6 is 11.9 Å². The molecular formula is C21H25F3N4O3S. The number of carbonyl (C=O) groups is 2. The number of hydroxylamine groups is 1. The largest absolute Gasteiger partial charge is 0.416 e. The number of piperazine rings is 1. The van der Waals surface area contributed by atoms with Crippen LogP contribution in [-0.2, 0) is 15.8 Å². The van der Waals surface area contributed by atoms with E-state index < -0.39 is 17.6 Å². The van der Waals surface area contributed by atoms with Gasteiger partial charge in [-0.3, -0.25) is 10.0 Å². The van der Waals surface area contributed by atoms with Crippen LogP contribution < -0.4 is 15.7 Å². The maximum atomic E-state index is 12.9. The molecule has 0 saturated carbocycles. The van der Waals surface area contributed by atoms with Gasteiger partial charge in [-0.05, 0) is 54.4 Å². The lowest BCUT2D eigenvalue weighted by atomic mass is 10.1. The van der Waals surface area contributed by atoms with Crippen molar-refractivity contribution in [2.45, 2.75) is 17.5 Å². The van der Waals surface area contributed by atoms with E-state index in [1.807, 2.05) is 24.1 Å². The molecule has 0 unspecified atom stereocenters. The fourth-order valence-electron chi connectivity index (χ4n) is 2.87. The molecule has 0 aromatic heterocycles. The number of nitrogens with one attached hydrogen (secondary N) is 2. The summed E-state index contributed by atoms with van der Waals surface area (Å²) < 4.78 is 40.8. The Morgan fingerprint density at radius 1 is 1.12 bits per heavy atom. The van der Waals surface area contributed by atoms with Gasteiger partial charge in [0, 0.05) is 49.5 Å². The number of nitrogens with zero attached hydrogens (tertiary/aromatic N) is 2. The van der Waals surface area contributed by atoms with Crippen molar-refractivity contribution >= 4 is 35.5 Å². The van der Waals surface area contributed by atoms with E-state index in [2.05, 4.69) is 21.8 Å². The molecule has 0 radical (unpaired) electrons. The van der Waals surface area contributed by atoms with E-state index in [4.69, 9.17) is 5.21 Å². The number of rotatable bonds is 6. The maximum absolute atomic E-state index is 12.9. The number of alkyl halides is 3. The van der Waals surface area contributed by atoms with Gasteiger partial charge in [-0.1, -0.05) is 6.07 Å². The lowest BCUT2D eigenvalue weighted by molar-refractivity contribution is -0.137. The highest BCUT2D eigenvalue weighted by atomic mass is 32.2. The minimum Gasteiger partial charge on any atom is -0.388 e. The van der Waals surface area contributed by atoms with Gasteiger partial charge in [0.1, 0.15) is 6.29 Å². The topological polar surface area (TPSA) is 84.9 Å². The van der Waals surface area contributed by atoms with Crippen LogP contribution in [0.2, 0.25) is 0 Å². The van der Waals surface area contributed by atoms with Gasteiger partial charge in [-0.25, -0.2) is 9.79 Å². The van der Waals surface area contributed by atoms with Crippen LogP contribution in [0.4, 0.5) is 24.5 Å². The Morgan fingerprint density at radius 2 is 1.78 bits per heavy atom. The van der Waals surface area contributed by atoms with Gasteiger partial charge in [-0.15, -0.1) is 0 Å². The molecule has 2 aromatic carbocycles. The van der Waals surface area contributed by atoms with Crippen molar-refractivity contribution in [3.8, 4) is 0 Å². The molecule has 0 atom stereocenters. The molecule has 1 amide bonds. The van der Waals surface area contributed by atoms with E-state index in [-0.39, 0.29) is 6.42 Å². The minimum atomic E-state index is -4.30. The van der Waals surface area contributed by atoms with E-state index in [1.165, 1.54) is 17.6 Å². The first-order chi connectivity index (χ1) is 15.3. The second-order valence-electron chi connectivity index (χ2n) is 6.74. The van der Waals surface area contributed by atoms with Gasteiger partial charge in [0.2, 0.25) is 5.91 Å². The van der Waals surface area contributed by atoms with E-state index >= 15 is 0 Å². The molecule has 1 aliphatic heterocycles. The van der Waals surface area contributed by atoms with Gasteiger partial charge in [0.05, 0.1) is 12.0 Å². The second-order valence-corrected chi connectivity index (χ2v) is 7.91. The Bertz CT molecular complexity index is 873. The smallest absolute Gasteiger partial charge is 0.388 e. The summed E-state index contributed by atoms with van der Waals surface area (Å²) in [6, 6.07) is 13.8. The van der Waals surface area contributed by atoms with E-state index in [9.17, 15) is 22.8 Å². The van der Waals surface area contributed by atoms with E-state index in [0.717, 1.165) is 29.7 Å². The summed E-state index contributed by atoms with van der Waals surface area (Å²) in [5.74, 6) is -0.685. The lowest BCUT2D eigenvalue weighted by Gasteiger charge is -2.35. The zero-order chi connectivity index (χ0) is 23.6. The van der Waals surface area contributed by atoms with Gasteiger partial charge in [0.15, 0.2) is 0 Å². The average molecular weight is 471 g/mol. The van der Waals surface area contributed by atoms with Crippen LogP contribution in [0.25, 0.3) is 0 Å². The number of carbonyl (C=O) groups excluding carboxylic acids is 2. The normalized spacial score (nSPS) is 14.2. The zero-order valence-corrected chi connectivity index (χ0v) is 18.2. The van der Waals surface area contributed by atoms with Crippen LogP contribution in [0.15, 0.2) is 53.4 Å². The average Bonchev–Trinajstić information content (AvgIpc) is 2.80. The highest BCUT2D eigenvalue weighted by molar-refractivity contribution is 7.97. The first kappa shape index (κ1) is 25.5.